The minimum atomic E-state index is -0.280. The lowest BCUT2D eigenvalue weighted by Gasteiger charge is -2.24. The first-order valence-electron chi connectivity index (χ1n) is 6.78. The standard InChI is InChI=1S/C14H18N2O2S2/c1-8-9(2)20-11-10(8)12(17)16(13(19)15-11)7-14(3)5-4-6-18-14/h4-7H2,1-3H3,(H,15,19). The SMILES string of the molecule is Cc1sc2[nH]c(=S)n(CC3(C)CCCO3)c(=O)c2c1C. The molecule has 2 aromatic rings. The minimum absolute atomic E-state index is 0.00215. The van der Waals surface area contributed by atoms with Crippen molar-refractivity contribution in [1.82, 2.24) is 9.55 Å². The maximum atomic E-state index is 12.7. The van der Waals surface area contributed by atoms with Crippen LogP contribution < -0.4 is 5.56 Å². The van der Waals surface area contributed by atoms with Crippen molar-refractivity contribution in [3.63, 3.8) is 0 Å². The first-order chi connectivity index (χ1) is 9.41. The predicted octanol–water partition coefficient (Wildman–Crippen LogP) is 3.31. The number of nitrogens with one attached hydrogen (secondary N) is 1. The van der Waals surface area contributed by atoms with E-state index in [1.54, 1.807) is 15.9 Å². The number of hydrogen-bond acceptors (Lipinski definition) is 4. The van der Waals surface area contributed by atoms with Gasteiger partial charge in [0.15, 0.2) is 4.77 Å². The lowest BCUT2D eigenvalue weighted by molar-refractivity contribution is 0.00508. The molecule has 2 aromatic heterocycles. The highest BCUT2D eigenvalue weighted by Gasteiger charge is 2.31. The second-order valence-corrected chi connectivity index (χ2v) is 7.32. The molecular weight excluding hydrogens is 292 g/mol. The molecular formula is C14H18N2O2S2. The van der Waals surface area contributed by atoms with Gasteiger partial charge in [0.05, 0.1) is 17.5 Å². The van der Waals surface area contributed by atoms with Gasteiger partial charge >= 0.3 is 0 Å². The number of aromatic nitrogens is 2. The number of aryl methyl sites for hydroxylation is 2. The number of fused-ring (bicyclic) bond motifs is 1. The number of hydrogen-bond donors (Lipinski definition) is 1. The zero-order valence-electron chi connectivity index (χ0n) is 11.9. The van der Waals surface area contributed by atoms with Gasteiger partial charge in [-0.2, -0.15) is 0 Å². The number of thiophene rings is 1. The number of H-pyrrole nitrogens is 1. The van der Waals surface area contributed by atoms with E-state index in [1.807, 2.05) is 13.8 Å². The van der Waals surface area contributed by atoms with E-state index in [1.165, 1.54) is 0 Å². The van der Waals surface area contributed by atoms with Gasteiger partial charge in [-0.05, 0) is 51.4 Å². The van der Waals surface area contributed by atoms with Crippen molar-refractivity contribution in [2.24, 2.45) is 0 Å². The zero-order valence-corrected chi connectivity index (χ0v) is 13.5. The van der Waals surface area contributed by atoms with Gasteiger partial charge < -0.3 is 9.72 Å². The van der Waals surface area contributed by atoms with Crippen molar-refractivity contribution in [1.29, 1.82) is 0 Å². The lowest BCUT2D eigenvalue weighted by Crippen LogP contribution is -2.35. The summed E-state index contributed by atoms with van der Waals surface area (Å²) in [5.41, 5.74) is 0.771. The van der Waals surface area contributed by atoms with E-state index in [4.69, 9.17) is 17.0 Å². The summed E-state index contributed by atoms with van der Waals surface area (Å²) in [6.45, 7) is 7.36. The van der Waals surface area contributed by atoms with Crippen molar-refractivity contribution in [2.75, 3.05) is 6.61 Å². The zero-order chi connectivity index (χ0) is 14.5. The summed E-state index contributed by atoms with van der Waals surface area (Å²) in [5, 5.41) is 0.766. The third-order valence-corrected chi connectivity index (χ3v) is 5.55. The van der Waals surface area contributed by atoms with Gasteiger partial charge in [0.2, 0.25) is 0 Å². The molecule has 0 spiro atoms. The first-order valence-corrected chi connectivity index (χ1v) is 8.00. The van der Waals surface area contributed by atoms with Crippen molar-refractivity contribution in [3.8, 4) is 0 Å². The van der Waals surface area contributed by atoms with Crippen molar-refractivity contribution in [2.45, 2.75) is 45.8 Å². The monoisotopic (exact) mass is 310 g/mol. The largest absolute Gasteiger partial charge is 0.373 e. The van der Waals surface area contributed by atoms with Gasteiger partial charge in [-0.3, -0.25) is 9.36 Å². The molecule has 0 radical (unpaired) electrons. The van der Waals surface area contributed by atoms with E-state index >= 15 is 0 Å². The Morgan fingerprint density at radius 3 is 2.90 bits per heavy atom. The van der Waals surface area contributed by atoms with E-state index in [0.29, 0.717) is 11.3 Å². The van der Waals surface area contributed by atoms with Crippen molar-refractivity contribution >= 4 is 33.8 Å². The smallest absolute Gasteiger partial charge is 0.263 e. The van der Waals surface area contributed by atoms with Crippen LogP contribution >= 0.6 is 23.6 Å². The third kappa shape index (κ3) is 2.16. The molecule has 0 aromatic carbocycles. The molecule has 20 heavy (non-hydrogen) atoms. The van der Waals surface area contributed by atoms with Gasteiger partial charge in [-0.1, -0.05) is 0 Å². The summed E-state index contributed by atoms with van der Waals surface area (Å²) in [6, 6.07) is 0. The minimum Gasteiger partial charge on any atom is -0.373 e. The van der Waals surface area contributed by atoms with Crippen LogP contribution in [0.1, 0.15) is 30.2 Å². The van der Waals surface area contributed by atoms with Crippen LogP contribution in [-0.2, 0) is 11.3 Å². The fourth-order valence-corrected chi connectivity index (χ4v) is 4.17. The average molecular weight is 310 g/mol. The summed E-state index contributed by atoms with van der Waals surface area (Å²) < 4.78 is 7.93. The Balaban J connectivity index is 2.18. The summed E-state index contributed by atoms with van der Waals surface area (Å²) in [7, 11) is 0. The molecule has 1 saturated heterocycles. The van der Waals surface area contributed by atoms with E-state index in [-0.39, 0.29) is 11.2 Å². The van der Waals surface area contributed by atoms with E-state index < -0.39 is 0 Å². The van der Waals surface area contributed by atoms with E-state index in [9.17, 15) is 4.79 Å². The molecule has 1 aliphatic rings. The number of ether oxygens (including phenoxy) is 1. The molecule has 1 N–H and O–H groups in total. The molecule has 1 unspecified atom stereocenters. The van der Waals surface area contributed by atoms with Crippen LogP contribution in [0, 0.1) is 18.6 Å². The molecule has 1 fully saturated rings. The Kier molecular flexibility index (Phi) is 3.35. The van der Waals surface area contributed by atoms with Crippen LogP contribution in [0.2, 0.25) is 0 Å². The molecule has 0 amide bonds. The molecule has 6 heteroatoms. The number of nitrogens with zero attached hydrogens (tertiary/aromatic N) is 1. The topological polar surface area (TPSA) is 47.0 Å². The maximum absolute atomic E-state index is 12.7. The molecule has 0 bridgehead atoms. The Morgan fingerprint density at radius 2 is 2.25 bits per heavy atom. The van der Waals surface area contributed by atoms with Crippen LogP contribution in [0.4, 0.5) is 0 Å². The maximum Gasteiger partial charge on any atom is 0.263 e. The van der Waals surface area contributed by atoms with Crippen LogP contribution in [0.15, 0.2) is 4.79 Å². The van der Waals surface area contributed by atoms with Crippen molar-refractivity contribution < 1.29 is 4.74 Å². The van der Waals surface area contributed by atoms with Gasteiger partial charge in [0.1, 0.15) is 4.83 Å². The molecule has 3 heterocycles. The molecule has 108 valence electrons. The molecule has 0 saturated carbocycles. The summed E-state index contributed by atoms with van der Waals surface area (Å²) in [5.74, 6) is 0. The van der Waals surface area contributed by atoms with Gasteiger partial charge in [-0.25, -0.2) is 0 Å². The first kappa shape index (κ1) is 14.0. The Morgan fingerprint density at radius 1 is 1.50 bits per heavy atom. The second kappa shape index (κ2) is 4.79. The molecule has 1 atom stereocenters. The summed E-state index contributed by atoms with van der Waals surface area (Å²) >= 11 is 6.95. The second-order valence-electron chi connectivity index (χ2n) is 5.71. The van der Waals surface area contributed by atoms with Crippen LogP contribution in [0.3, 0.4) is 0 Å². The Hall–Kier alpha value is -0.980. The lowest BCUT2D eigenvalue weighted by atomic mass is 10.0. The van der Waals surface area contributed by atoms with E-state index in [2.05, 4.69) is 11.9 Å². The van der Waals surface area contributed by atoms with Crippen molar-refractivity contribution in [3.05, 3.63) is 25.6 Å². The Bertz CT molecular complexity index is 779. The van der Waals surface area contributed by atoms with Crippen LogP contribution in [0.25, 0.3) is 10.2 Å². The molecule has 1 aliphatic heterocycles. The van der Waals surface area contributed by atoms with Gasteiger partial charge in [0, 0.05) is 11.5 Å². The van der Waals surface area contributed by atoms with Gasteiger partial charge in [-0.15, -0.1) is 11.3 Å². The fourth-order valence-electron chi connectivity index (χ4n) is 2.80. The van der Waals surface area contributed by atoms with Gasteiger partial charge in [0.25, 0.3) is 5.56 Å². The normalized spacial score (nSPS) is 22.8. The number of rotatable bonds is 2. The predicted molar refractivity (Wildman–Crippen MR) is 84.3 cm³/mol. The fraction of sp³-hybridized carbons (Fsp3) is 0.571. The molecule has 4 nitrogen and oxygen atoms in total. The summed E-state index contributed by atoms with van der Waals surface area (Å²) in [6.07, 6.45) is 2.01. The Labute approximate surface area is 126 Å². The van der Waals surface area contributed by atoms with Crippen LogP contribution in [0.5, 0.6) is 0 Å². The molecule has 3 rings (SSSR count). The highest BCUT2D eigenvalue weighted by atomic mass is 32.1. The van der Waals surface area contributed by atoms with Crippen LogP contribution in [-0.4, -0.2) is 21.8 Å². The third-order valence-electron chi connectivity index (χ3n) is 4.10. The highest BCUT2D eigenvalue weighted by molar-refractivity contribution is 7.71. The highest BCUT2D eigenvalue weighted by Crippen LogP contribution is 2.28. The quantitative estimate of drug-likeness (QED) is 0.866. The average Bonchev–Trinajstić information content (AvgIpc) is 2.91. The number of aromatic amines is 1. The van der Waals surface area contributed by atoms with E-state index in [0.717, 1.165) is 40.1 Å². The summed E-state index contributed by atoms with van der Waals surface area (Å²) in [4.78, 5) is 18.0. The molecule has 0 aliphatic carbocycles.